The summed E-state index contributed by atoms with van der Waals surface area (Å²) in [6, 6.07) is 31.3. The maximum absolute atomic E-state index is 9.18. The molecule has 0 unspecified atom stereocenters. The van der Waals surface area contributed by atoms with Gasteiger partial charge >= 0.3 is 0 Å². The first kappa shape index (κ1) is 28.1. The minimum Gasteiger partial charge on any atom is -0.497 e. The van der Waals surface area contributed by atoms with Gasteiger partial charge in [0, 0.05) is 36.7 Å². The lowest BCUT2D eigenvalue weighted by atomic mass is 9.98. The second-order valence-electron chi connectivity index (χ2n) is 10.1. The van der Waals surface area contributed by atoms with Crippen molar-refractivity contribution in [3.63, 3.8) is 0 Å². The number of benzene rings is 4. The zero-order chi connectivity index (χ0) is 30.1. The zero-order valence-corrected chi connectivity index (χ0v) is 25.8. The Kier molecular flexibility index (Phi) is 7.61. The molecule has 0 spiro atoms. The molecular weight excluding hydrogens is 571 g/mol. The predicted molar refractivity (Wildman–Crippen MR) is 180 cm³/mol. The van der Waals surface area contributed by atoms with Crippen LogP contribution in [0.25, 0.3) is 40.8 Å². The highest BCUT2D eigenvalue weighted by Crippen LogP contribution is 2.46. The average Bonchev–Trinajstić information content (AvgIpc) is 3.60. The third kappa shape index (κ3) is 5.33. The molecule has 6 aromatic rings. The largest absolute Gasteiger partial charge is 0.497 e. The average molecular weight is 598 g/mol. The molecule has 0 aliphatic heterocycles. The third-order valence-electron chi connectivity index (χ3n) is 7.45. The lowest BCUT2D eigenvalue weighted by Crippen LogP contribution is -2.09. The highest BCUT2D eigenvalue weighted by atomic mass is 32.1. The van der Waals surface area contributed by atoms with Gasteiger partial charge in [-0.05, 0) is 115 Å². The van der Waals surface area contributed by atoms with Crippen LogP contribution < -0.4 is 14.4 Å². The van der Waals surface area contributed by atoms with E-state index in [0.29, 0.717) is 0 Å². The number of rotatable bonds is 7. The van der Waals surface area contributed by atoms with Gasteiger partial charge in [0.15, 0.2) is 0 Å². The standard InChI is InChI=1S/C36H27N3O2S2/c1-22-17-32(23(2)16-24(22)18-25(21-37)38-3)34-20-35-36(43-34)31-15-10-28(19-33(31)42-35)39(26-6-11-29(40-4)12-7-26)27-8-13-30(41-5)14-9-27/h6-20H,1-2,4-5H3/b25-18-. The minimum atomic E-state index is 0.0928. The van der Waals surface area contributed by atoms with E-state index < -0.39 is 0 Å². The first-order valence-electron chi connectivity index (χ1n) is 13.6. The van der Waals surface area contributed by atoms with Gasteiger partial charge in [-0.25, -0.2) is 10.1 Å². The zero-order valence-electron chi connectivity index (χ0n) is 24.1. The Balaban J connectivity index is 1.40. The van der Waals surface area contributed by atoms with E-state index in [4.69, 9.17) is 16.0 Å². The summed E-state index contributed by atoms with van der Waals surface area (Å²) in [4.78, 5) is 6.77. The molecule has 2 heterocycles. The smallest absolute Gasteiger partial charge is 0.262 e. The normalized spacial score (nSPS) is 11.3. The number of allylic oxidation sites excluding steroid dienone is 1. The number of aryl methyl sites for hydroxylation is 2. The topological polar surface area (TPSA) is 49.9 Å². The Hall–Kier alpha value is -5.08. The van der Waals surface area contributed by atoms with Gasteiger partial charge in [-0.3, -0.25) is 0 Å². The number of hydrogen-bond donors (Lipinski definition) is 0. The molecule has 0 saturated carbocycles. The van der Waals surface area contributed by atoms with Crippen LogP contribution in [0.2, 0.25) is 0 Å². The molecule has 7 heteroatoms. The van der Waals surface area contributed by atoms with Gasteiger partial charge in [-0.15, -0.1) is 22.7 Å². The van der Waals surface area contributed by atoms with Crippen molar-refractivity contribution < 1.29 is 9.47 Å². The summed E-state index contributed by atoms with van der Waals surface area (Å²) < 4.78 is 14.6. The molecule has 0 saturated heterocycles. The quantitative estimate of drug-likeness (QED) is 0.136. The number of nitriles is 1. The van der Waals surface area contributed by atoms with Crippen LogP contribution in [-0.2, 0) is 0 Å². The molecule has 5 nitrogen and oxygen atoms in total. The van der Waals surface area contributed by atoms with Crippen molar-refractivity contribution in [3.05, 3.63) is 119 Å². The molecule has 6 rings (SSSR count). The molecule has 0 amide bonds. The van der Waals surface area contributed by atoms with Gasteiger partial charge in [0.05, 0.1) is 31.6 Å². The monoisotopic (exact) mass is 597 g/mol. The molecular formula is C36H27N3O2S2. The SMILES string of the molecule is [C-]#[N+]/C(C#N)=C\c1cc(C)c(-c2cc3sc4cc(N(c5ccc(OC)cc5)c5ccc(OC)cc5)ccc4c3s2)cc1C. The highest BCUT2D eigenvalue weighted by Gasteiger charge is 2.17. The molecule has 43 heavy (non-hydrogen) atoms. The maximum Gasteiger partial charge on any atom is 0.262 e. The Morgan fingerprint density at radius 2 is 1.42 bits per heavy atom. The number of methoxy groups -OCH3 is 2. The van der Waals surface area contributed by atoms with Crippen LogP contribution in [0.15, 0.2) is 90.6 Å². The summed E-state index contributed by atoms with van der Waals surface area (Å²) in [5, 5.41) is 10.4. The Bertz CT molecular complexity index is 2030. The van der Waals surface area contributed by atoms with Crippen LogP contribution in [0.5, 0.6) is 11.5 Å². The predicted octanol–water partition coefficient (Wildman–Crippen LogP) is 10.7. The van der Waals surface area contributed by atoms with Crippen molar-refractivity contribution in [2.24, 2.45) is 0 Å². The van der Waals surface area contributed by atoms with Crippen LogP contribution in [0.1, 0.15) is 16.7 Å². The van der Waals surface area contributed by atoms with E-state index in [1.807, 2.05) is 37.3 Å². The van der Waals surface area contributed by atoms with E-state index in [1.165, 1.54) is 29.9 Å². The summed E-state index contributed by atoms with van der Waals surface area (Å²) >= 11 is 3.61. The van der Waals surface area contributed by atoms with E-state index >= 15 is 0 Å². The molecule has 0 aliphatic rings. The summed E-state index contributed by atoms with van der Waals surface area (Å²) in [6.07, 6.45) is 1.67. The van der Waals surface area contributed by atoms with Crippen molar-refractivity contribution in [1.82, 2.24) is 0 Å². The third-order valence-corrected chi connectivity index (χ3v) is 9.88. The maximum atomic E-state index is 9.18. The minimum absolute atomic E-state index is 0.0928. The molecule has 210 valence electrons. The van der Waals surface area contributed by atoms with E-state index in [-0.39, 0.29) is 5.70 Å². The van der Waals surface area contributed by atoms with Gasteiger partial charge in [0.1, 0.15) is 11.5 Å². The molecule has 4 aromatic carbocycles. The molecule has 0 radical (unpaired) electrons. The van der Waals surface area contributed by atoms with Crippen LogP contribution in [-0.4, -0.2) is 14.2 Å². The van der Waals surface area contributed by atoms with Gasteiger partial charge < -0.3 is 14.4 Å². The summed E-state index contributed by atoms with van der Waals surface area (Å²) in [5.41, 5.74) is 7.48. The van der Waals surface area contributed by atoms with Crippen LogP contribution in [0.4, 0.5) is 17.1 Å². The van der Waals surface area contributed by atoms with Crippen LogP contribution in [0, 0.1) is 31.8 Å². The molecule has 0 atom stereocenters. The lowest BCUT2D eigenvalue weighted by molar-refractivity contribution is 0.415. The number of nitrogens with zero attached hydrogens (tertiary/aromatic N) is 3. The Labute approximate surface area is 258 Å². The number of hydrogen-bond acceptors (Lipinski definition) is 6. The first-order valence-corrected chi connectivity index (χ1v) is 15.2. The van der Waals surface area contributed by atoms with E-state index in [0.717, 1.165) is 45.3 Å². The summed E-state index contributed by atoms with van der Waals surface area (Å²) in [6.45, 7) is 11.3. The van der Waals surface area contributed by atoms with Gasteiger partial charge in [0.2, 0.25) is 0 Å². The lowest BCUT2D eigenvalue weighted by Gasteiger charge is -2.26. The molecule has 0 fully saturated rings. The van der Waals surface area contributed by atoms with E-state index in [1.54, 1.807) is 43.0 Å². The molecule has 2 aromatic heterocycles. The summed E-state index contributed by atoms with van der Waals surface area (Å²) in [7, 11) is 3.35. The number of anilines is 3. The number of fused-ring (bicyclic) bond motifs is 3. The highest BCUT2D eigenvalue weighted by molar-refractivity contribution is 7.34. The van der Waals surface area contributed by atoms with E-state index in [2.05, 4.69) is 77.3 Å². The Morgan fingerprint density at radius 1 is 0.791 bits per heavy atom. The van der Waals surface area contributed by atoms with E-state index in [9.17, 15) is 5.26 Å². The fourth-order valence-corrected chi connectivity index (χ4v) is 7.86. The molecule has 0 aliphatic carbocycles. The fourth-order valence-electron chi connectivity index (χ4n) is 5.22. The Morgan fingerprint density at radius 3 is 2.00 bits per heavy atom. The van der Waals surface area contributed by atoms with Gasteiger partial charge in [-0.1, -0.05) is 12.1 Å². The number of thiophene rings is 2. The summed E-state index contributed by atoms with van der Waals surface area (Å²) in [5.74, 6) is 1.63. The van der Waals surface area contributed by atoms with Crippen LogP contribution in [0.3, 0.4) is 0 Å². The molecule has 0 bridgehead atoms. The van der Waals surface area contributed by atoms with Crippen molar-refractivity contribution in [2.45, 2.75) is 13.8 Å². The second-order valence-corrected chi connectivity index (χ2v) is 12.2. The van der Waals surface area contributed by atoms with Crippen molar-refractivity contribution in [2.75, 3.05) is 19.1 Å². The van der Waals surface area contributed by atoms with Gasteiger partial charge in [-0.2, -0.15) is 0 Å². The van der Waals surface area contributed by atoms with Crippen molar-refractivity contribution >= 4 is 65.3 Å². The fraction of sp³-hybridized carbons (Fsp3) is 0.111. The van der Waals surface area contributed by atoms with Crippen molar-refractivity contribution in [3.8, 4) is 28.0 Å². The van der Waals surface area contributed by atoms with Crippen LogP contribution >= 0.6 is 22.7 Å². The molecule has 0 N–H and O–H groups in total. The second kappa shape index (κ2) is 11.7. The number of ether oxygens (including phenoxy) is 2. The van der Waals surface area contributed by atoms with Crippen molar-refractivity contribution in [1.29, 1.82) is 5.26 Å². The van der Waals surface area contributed by atoms with Gasteiger partial charge in [0.25, 0.3) is 5.70 Å². The first-order chi connectivity index (χ1) is 20.9.